The third kappa shape index (κ3) is 3.36. The Morgan fingerprint density at radius 3 is 3.10 bits per heavy atom. The van der Waals surface area contributed by atoms with Crippen molar-refractivity contribution in [3.05, 3.63) is 47.6 Å². The van der Waals surface area contributed by atoms with Crippen molar-refractivity contribution in [2.45, 2.75) is 19.5 Å². The summed E-state index contributed by atoms with van der Waals surface area (Å²) in [6, 6.07) is 6.47. The van der Waals surface area contributed by atoms with Crippen molar-refractivity contribution in [1.82, 2.24) is 20.4 Å². The molecule has 1 N–H and O–H groups in total. The maximum atomic E-state index is 5.14. The van der Waals surface area contributed by atoms with Crippen molar-refractivity contribution in [3.8, 4) is 0 Å². The monoisotopic (exact) mass is 294 g/mol. The predicted octanol–water partition coefficient (Wildman–Crippen LogP) is 1.95. The number of halogens is 1. The lowest BCUT2D eigenvalue weighted by atomic mass is 10.1. The topological polar surface area (TPSA) is 54.2 Å². The summed E-state index contributed by atoms with van der Waals surface area (Å²) in [5.74, 6) is 0.864. The van der Waals surface area contributed by atoms with E-state index < -0.39 is 0 Å². The fraction of sp³-hybridized carbons (Fsp3) is 0.429. The quantitative estimate of drug-likeness (QED) is 0.938. The van der Waals surface area contributed by atoms with Gasteiger partial charge in [-0.05, 0) is 18.6 Å². The summed E-state index contributed by atoms with van der Waals surface area (Å²) < 4.78 is 5.14. The minimum atomic E-state index is 0. The van der Waals surface area contributed by atoms with Crippen molar-refractivity contribution in [2.24, 2.45) is 0 Å². The molecule has 0 aliphatic carbocycles. The Morgan fingerprint density at radius 1 is 1.50 bits per heavy atom. The summed E-state index contributed by atoms with van der Waals surface area (Å²) in [5, 5.41) is 7.53. The van der Waals surface area contributed by atoms with E-state index >= 15 is 0 Å². The molecule has 3 heterocycles. The zero-order valence-electron chi connectivity index (χ0n) is 11.5. The van der Waals surface area contributed by atoms with Crippen LogP contribution in [0.2, 0.25) is 0 Å². The Morgan fingerprint density at radius 2 is 2.40 bits per heavy atom. The summed E-state index contributed by atoms with van der Waals surface area (Å²) in [4.78, 5) is 6.64. The number of rotatable bonds is 3. The van der Waals surface area contributed by atoms with Crippen molar-refractivity contribution < 1.29 is 4.52 Å². The Bertz CT molecular complexity index is 531. The molecule has 2 aromatic rings. The van der Waals surface area contributed by atoms with E-state index in [9.17, 15) is 0 Å². The number of nitrogens with zero attached hydrogens (tertiary/aromatic N) is 3. The van der Waals surface area contributed by atoms with E-state index in [-0.39, 0.29) is 12.4 Å². The van der Waals surface area contributed by atoms with E-state index in [0.717, 1.165) is 37.6 Å². The minimum absolute atomic E-state index is 0. The highest BCUT2D eigenvalue weighted by atomic mass is 35.5. The van der Waals surface area contributed by atoms with Crippen LogP contribution in [-0.4, -0.2) is 34.7 Å². The molecule has 0 bridgehead atoms. The molecule has 1 unspecified atom stereocenters. The summed E-state index contributed by atoms with van der Waals surface area (Å²) >= 11 is 0. The molecule has 0 aromatic carbocycles. The van der Waals surface area contributed by atoms with Gasteiger partial charge in [-0.1, -0.05) is 11.2 Å². The lowest BCUT2D eigenvalue weighted by Gasteiger charge is -2.35. The maximum absolute atomic E-state index is 5.14. The zero-order chi connectivity index (χ0) is 13.1. The molecule has 0 spiro atoms. The number of hydrogen-bond acceptors (Lipinski definition) is 5. The molecule has 108 valence electrons. The lowest BCUT2D eigenvalue weighted by molar-refractivity contribution is 0.149. The van der Waals surface area contributed by atoms with E-state index in [1.54, 1.807) is 0 Å². The van der Waals surface area contributed by atoms with Gasteiger partial charge in [-0.25, -0.2) is 0 Å². The minimum Gasteiger partial charge on any atom is -0.361 e. The SMILES string of the molecule is Cc1cc(CN2CCNCC2c2cccnc2)no1.Cl. The predicted molar refractivity (Wildman–Crippen MR) is 78.7 cm³/mol. The smallest absolute Gasteiger partial charge is 0.133 e. The van der Waals surface area contributed by atoms with Crippen molar-refractivity contribution in [2.75, 3.05) is 19.6 Å². The molecule has 1 atom stereocenters. The number of piperazine rings is 1. The van der Waals surface area contributed by atoms with Crippen LogP contribution in [0, 0.1) is 6.92 Å². The first kappa shape index (κ1) is 15.0. The van der Waals surface area contributed by atoms with Gasteiger partial charge in [-0.15, -0.1) is 12.4 Å². The van der Waals surface area contributed by atoms with Gasteiger partial charge < -0.3 is 9.84 Å². The number of aryl methyl sites for hydroxylation is 1. The second-order valence-electron chi connectivity index (χ2n) is 4.91. The lowest BCUT2D eigenvalue weighted by Crippen LogP contribution is -2.45. The average molecular weight is 295 g/mol. The van der Waals surface area contributed by atoms with Gasteiger partial charge in [-0.2, -0.15) is 0 Å². The normalized spacial score (nSPS) is 19.6. The highest BCUT2D eigenvalue weighted by Crippen LogP contribution is 2.23. The molecule has 1 saturated heterocycles. The van der Waals surface area contributed by atoms with Crippen molar-refractivity contribution in [1.29, 1.82) is 0 Å². The van der Waals surface area contributed by atoms with Gasteiger partial charge in [0.1, 0.15) is 5.76 Å². The van der Waals surface area contributed by atoms with Gasteiger partial charge in [0.05, 0.1) is 5.69 Å². The molecule has 3 rings (SSSR count). The summed E-state index contributed by atoms with van der Waals surface area (Å²) in [6.07, 6.45) is 3.75. The Labute approximate surface area is 124 Å². The Kier molecular flexibility index (Phi) is 5.11. The molecule has 1 aliphatic heterocycles. The molecular formula is C14H19ClN4O. The second-order valence-corrected chi connectivity index (χ2v) is 4.91. The molecular weight excluding hydrogens is 276 g/mol. The Hall–Kier alpha value is -1.43. The molecule has 0 amide bonds. The third-order valence-electron chi connectivity index (χ3n) is 3.47. The van der Waals surface area contributed by atoms with Gasteiger partial charge >= 0.3 is 0 Å². The van der Waals surface area contributed by atoms with Gasteiger partial charge in [0.2, 0.25) is 0 Å². The van der Waals surface area contributed by atoms with Gasteiger partial charge in [-0.3, -0.25) is 9.88 Å². The number of aromatic nitrogens is 2. The van der Waals surface area contributed by atoms with Gasteiger partial charge in [0.25, 0.3) is 0 Å². The summed E-state index contributed by atoms with van der Waals surface area (Å²) in [5.41, 5.74) is 2.24. The van der Waals surface area contributed by atoms with Crippen LogP contribution >= 0.6 is 12.4 Å². The molecule has 5 nitrogen and oxygen atoms in total. The van der Waals surface area contributed by atoms with E-state index in [4.69, 9.17) is 4.52 Å². The molecule has 1 fully saturated rings. The first-order chi connectivity index (χ1) is 9.33. The summed E-state index contributed by atoms with van der Waals surface area (Å²) in [6.45, 7) is 5.70. The van der Waals surface area contributed by atoms with E-state index in [2.05, 4.69) is 26.4 Å². The first-order valence-electron chi connectivity index (χ1n) is 6.60. The molecule has 1 aliphatic rings. The fourth-order valence-corrected chi connectivity index (χ4v) is 2.54. The van der Waals surface area contributed by atoms with Crippen LogP contribution in [0.4, 0.5) is 0 Å². The average Bonchev–Trinajstić information content (AvgIpc) is 2.86. The van der Waals surface area contributed by atoms with Crippen LogP contribution < -0.4 is 5.32 Å². The largest absolute Gasteiger partial charge is 0.361 e. The zero-order valence-corrected chi connectivity index (χ0v) is 12.3. The number of nitrogens with one attached hydrogen (secondary N) is 1. The highest BCUT2D eigenvalue weighted by Gasteiger charge is 2.24. The standard InChI is InChI=1S/C14H18N4O.ClH/c1-11-7-13(17-19-11)10-18-6-5-16-9-14(18)12-3-2-4-15-8-12;/h2-4,7-8,14,16H,5-6,9-10H2,1H3;1H. The maximum Gasteiger partial charge on any atom is 0.133 e. The molecule has 20 heavy (non-hydrogen) atoms. The van der Waals surface area contributed by atoms with E-state index in [1.807, 2.05) is 31.5 Å². The van der Waals surface area contributed by atoms with Gasteiger partial charge in [0.15, 0.2) is 0 Å². The van der Waals surface area contributed by atoms with E-state index in [1.165, 1.54) is 5.56 Å². The van der Waals surface area contributed by atoms with Crippen LogP contribution in [0.5, 0.6) is 0 Å². The molecule has 2 aromatic heterocycles. The third-order valence-corrected chi connectivity index (χ3v) is 3.47. The summed E-state index contributed by atoms with van der Waals surface area (Å²) in [7, 11) is 0. The Balaban J connectivity index is 0.00000147. The van der Waals surface area contributed by atoms with Gasteiger partial charge in [0, 0.05) is 50.7 Å². The van der Waals surface area contributed by atoms with Crippen LogP contribution in [0.1, 0.15) is 23.1 Å². The van der Waals surface area contributed by atoms with Crippen LogP contribution in [-0.2, 0) is 6.54 Å². The van der Waals surface area contributed by atoms with Crippen LogP contribution in [0.25, 0.3) is 0 Å². The highest BCUT2D eigenvalue weighted by molar-refractivity contribution is 5.85. The molecule has 6 heteroatoms. The van der Waals surface area contributed by atoms with Crippen LogP contribution in [0.15, 0.2) is 35.1 Å². The second kappa shape index (κ2) is 6.83. The van der Waals surface area contributed by atoms with Crippen molar-refractivity contribution in [3.63, 3.8) is 0 Å². The molecule has 0 radical (unpaired) electrons. The number of pyridine rings is 1. The van der Waals surface area contributed by atoms with E-state index in [0.29, 0.717) is 6.04 Å². The fourth-order valence-electron chi connectivity index (χ4n) is 2.54. The first-order valence-corrected chi connectivity index (χ1v) is 6.60. The van der Waals surface area contributed by atoms with Crippen LogP contribution in [0.3, 0.4) is 0 Å². The molecule has 0 saturated carbocycles. The number of hydrogen-bond donors (Lipinski definition) is 1. The van der Waals surface area contributed by atoms with Crippen molar-refractivity contribution >= 4 is 12.4 Å².